The number of likely N-dealkylation sites (tertiary alicyclic amines) is 1. The Kier molecular flexibility index (Phi) is 5.61. The molecule has 1 N–H and O–H groups in total. The number of nitrogens with zero attached hydrogens (tertiary/aromatic N) is 4. The normalized spacial score (nSPS) is 23.4. The minimum absolute atomic E-state index is 0.157. The molecule has 1 aromatic carbocycles. The molecule has 2 fully saturated rings. The van der Waals surface area contributed by atoms with Gasteiger partial charge in [0.2, 0.25) is 0 Å². The van der Waals surface area contributed by atoms with Crippen LogP contribution in [0.5, 0.6) is 0 Å². The van der Waals surface area contributed by atoms with E-state index in [2.05, 4.69) is 28.4 Å². The van der Waals surface area contributed by atoms with Gasteiger partial charge in [-0.05, 0) is 43.4 Å². The highest BCUT2D eigenvalue weighted by Crippen LogP contribution is 2.40. The van der Waals surface area contributed by atoms with E-state index < -0.39 is 0 Å². The van der Waals surface area contributed by atoms with Crippen molar-refractivity contribution in [3.05, 3.63) is 52.8 Å². The summed E-state index contributed by atoms with van der Waals surface area (Å²) in [6.07, 6.45) is 5.08. The maximum atomic E-state index is 12.8. The topological polar surface area (TPSA) is 70.5 Å². The van der Waals surface area contributed by atoms with Gasteiger partial charge in [-0.15, -0.1) is 0 Å². The average molecular weight is 416 g/mol. The first kappa shape index (κ1) is 19.9. The van der Waals surface area contributed by atoms with E-state index in [1.165, 1.54) is 17.1 Å². The second-order valence-electron chi connectivity index (χ2n) is 8.09. The minimum atomic E-state index is -0.244. The van der Waals surface area contributed by atoms with Crippen LogP contribution in [0.15, 0.2) is 36.7 Å². The van der Waals surface area contributed by atoms with E-state index in [1.807, 2.05) is 23.1 Å². The molecule has 3 atom stereocenters. The molecule has 4 rings (SSSR count). The van der Waals surface area contributed by atoms with Crippen LogP contribution in [0.3, 0.4) is 0 Å². The van der Waals surface area contributed by atoms with Crippen molar-refractivity contribution >= 4 is 23.5 Å². The lowest BCUT2D eigenvalue weighted by molar-refractivity contribution is 0.0963. The number of nitrogens with one attached hydrogen (secondary N) is 1. The summed E-state index contributed by atoms with van der Waals surface area (Å²) >= 11 is 6.31. The summed E-state index contributed by atoms with van der Waals surface area (Å²) in [5, 5.41) is 7.42. The van der Waals surface area contributed by atoms with Crippen LogP contribution in [0.1, 0.15) is 28.8 Å². The Hall–Kier alpha value is -2.38. The zero-order valence-electron chi connectivity index (χ0n) is 16.7. The van der Waals surface area contributed by atoms with E-state index in [4.69, 9.17) is 11.6 Å². The van der Waals surface area contributed by atoms with Gasteiger partial charge in [-0.3, -0.25) is 9.69 Å². The van der Waals surface area contributed by atoms with Crippen molar-refractivity contribution in [3.8, 4) is 0 Å². The van der Waals surface area contributed by atoms with Crippen LogP contribution in [0.4, 0.5) is 4.79 Å². The smallest absolute Gasteiger partial charge is 0.344 e. The van der Waals surface area contributed by atoms with Gasteiger partial charge in [-0.1, -0.05) is 29.8 Å². The molecule has 1 aromatic heterocycles. The van der Waals surface area contributed by atoms with Crippen LogP contribution in [-0.4, -0.2) is 64.7 Å². The third kappa shape index (κ3) is 4.02. The molecule has 0 unspecified atom stereocenters. The maximum Gasteiger partial charge on any atom is 0.344 e. The lowest BCUT2D eigenvalue weighted by Crippen LogP contribution is -2.36. The van der Waals surface area contributed by atoms with Crippen LogP contribution < -0.4 is 5.32 Å². The van der Waals surface area contributed by atoms with Crippen LogP contribution in [0, 0.1) is 11.8 Å². The lowest BCUT2D eigenvalue weighted by Gasteiger charge is -2.26. The maximum absolute atomic E-state index is 12.8. The van der Waals surface area contributed by atoms with E-state index in [9.17, 15) is 9.59 Å². The number of halogens is 1. The van der Waals surface area contributed by atoms with Crippen molar-refractivity contribution in [1.29, 1.82) is 0 Å². The minimum Gasteiger partial charge on any atom is -0.355 e. The van der Waals surface area contributed by atoms with E-state index in [0.29, 0.717) is 23.4 Å². The number of carbonyl (C=O) groups excluding carboxylic acids is 2. The summed E-state index contributed by atoms with van der Waals surface area (Å²) in [6.45, 7) is 2.33. The Morgan fingerprint density at radius 3 is 2.59 bits per heavy atom. The van der Waals surface area contributed by atoms with Gasteiger partial charge in [-0.25, -0.2) is 4.79 Å². The first-order chi connectivity index (χ1) is 14.0. The zero-order chi connectivity index (χ0) is 20.5. The zero-order valence-corrected chi connectivity index (χ0v) is 17.5. The van der Waals surface area contributed by atoms with E-state index >= 15 is 0 Å². The first-order valence-electron chi connectivity index (χ1n) is 9.96. The largest absolute Gasteiger partial charge is 0.355 e. The number of hydrogen-bond acceptors (Lipinski definition) is 4. The molecule has 29 heavy (non-hydrogen) atoms. The summed E-state index contributed by atoms with van der Waals surface area (Å²) in [4.78, 5) is 28.7. The lowest BCUT2D eigenvalue weighted by atomic mass is 10.0. The molecule has 8 heteroatoms. The third-order valence-corrected chi connectivity index (χ3v) is 6.63. The van der Waals surface area contributed by atoms with Gasteiger partial charge in [0.15, 0.2) is 0 Å². The van der Waals surface area contributed by atoms with Gasteiger partial charge in [0.1, 0.15) is 0 Å². The summed E-state index contributed by atoms with van der Waals surface area (Å²) in [5.74, 6) is 0.768. The Morgan fingerprint density at radius 1 is 1.24 bits per heavy atom. The summed E-state index contributed by atoms with van der Waals surface area (Å²) in [6, 6.07) is 8.33. The molecule has 1 saturated heterocycles. The van der Waals surface area contributed by atoms with Crippen molar-refractivity contribution < 1.29 is 9.59 Å². The average Bonchev–Trinajstić information content (AvgIpc) is 3.43. The monoisotopic (exact) mass is 415 g/mol. The number of benzene rings is 1. The number of carbonyl (C=O) groups is 2. The van der Waals surface area contributed by atoms with Crippen molar-refractivity contribution in [1.82, 2.24) is 24.9 Å². The molecule has 2 aliphatic rings. The van der Waals surface area contributed by atoms with Gasteiger partial charge in [0, 0.05) is 43.9 Å². The highest BCUT2D eigenvalue weighted by Gasteiger charge is 2.43. The fourth-order valence-corrected chi connectivity index (χ4v) is 4.84. The molecule has 1 saturated carbocycles. The predicted molar refractivity (Wildman–Crippen MR) is 111 cm³/mol. The summed E-state index contributed by atoms with van der Waals surface area (Å²) in [5.41, 5.74) is 1.54. The SMILES string of the molecule is CNC(=O)c1cnn(C(=O)N2C[C@H]3C[C@@H](N(C)Cc4ccccc4Cl)C[C@H]3C2)c1. The third-order valence-electron chi connectivity index (χ3n) is 6.27. The molecule has 0 bridgehead atoms. The highest BCUT2D eigenvalue weighted by atomic mass is 35.5. The Bertz CT molecular complexity index is 900. The van der Waals surface area contributed by atoms with Crippen molar-refractivity contribution in [2.75, 3.05) is 27.2 Å². The molecule has 154 valence electrons. The number of amides is 2. The predicted octanol–water partition coefficient (Wildman–Crippen LogP) is 2.71. The quantitative estimate of drug-likeness (QED) is 0.833. The second-order valence-corrected chi connectivity index (χ2v) is 8.50. The van der Waals surface area contributed by atoms with E-state index in [-0.39, 0.29) is 11.9 Å². The second kappa shape index (κ2) is 8.16. The first-order valence-corrected chi connectivity index (χ1v) is 10.3. The van der Waals surface area contributed by atoms with Gasteiger partial charge < -0.3 is 10.2 Å². The number of fused-ring (bicyclic) bond motifs is 1. The van der Waals surface area contributed by atoms with Crippen molar-refractivity contribution in [3.63, 3.8) is 0 Å². The van der Waals surface area contributed by atoms with Gasteiger partial charge in [-0.2, -0.15) is 9.78 Å². The molecular formula is C21H26ClN5O2. The molecule has 0 radical (unpaired) electrons. The molecule has 1 aliphatic heterocycles. The van der Waals surface area contributed by atoms with Crippen molar-refractivity contribution in [2.45, 2.75) is 25.4 Å². The molecule has 7 nitrogen and oxygen atoms in total. The van der Waals surface area contributed by atoms with E-state index in [1.54, 1.807) is 7.05 Å². The Morgan fingerprint density at radius 2 is 1.93 bits per heavy atom. The number of hydrogen-bond donors (Lipinski definition) is 1. The molecule has 0 spiro atoms. The van der Waals surface area contributed by atoms with Gasteiger partial charge in [0.25, 0.3) is 5.91 Å². The number of rotatable bonds is 4. The van der Waals surface area contributed by atoms with Crippen molar-refractivity contribution in [2.24, 2.45) is 11.8 Å². The fraction of sp³-hybridized carbons (Fsp3) is 0.476. The standard InChI is InChI=1S/C21H26ClN5O2/c1-23-20(28)17-9-24-27(13-17)21(29)26-11-15-7-18(8-16(15)12-26)25(2)10-14-5-3-4-6-19(14)22/h3-6,9,13,15-16,18H,7-8,10-12H2,1-2H3,(H,23,28)/t15-,16+,18-. The van der Waals surface area contributed by atoms with Gasteiger partial charge in [0.05, 0.1) is 11.8 Å². The molecule has 2 heterocycles. The fourth-order valence-electron chi connectivity index (χ4n) is 4.64. The van der Waals surface area contributed by atoms with Crippen LogP contribution in [-0.2, 0) is 6.54 Å². The molecule has 2 aromatic rings. The Labute approximate surface area is 175 Å². The number of aromatic nitrogens is 2. The van der Waals surface area contributed by atoms with Gasteiger partial charge >= 0.3 is 6.03 Å². The molecule has 1 aliphatic carbocycles. The Balaban J connectivity index is 1.34. The highest BCUT2D eigenvalue weighted by molar-refractivity contribution is 6.31. The summed E-state index contributed by atoms with van der Waals surface area (Å²) < 4.78 is 1.27. The molecule has 2 amide bonds. The van der Waals surface area contributed by atoms with Crippen LogP contribution in [0.25, 0.3) is 0 Å². The van der Waals surface area contributed by atoms with E-state index in [0.717, 1.165) is 43.1 Å². The molecular weight excluding hydrogens is 390 g/mol. The van der Waals surface area contributed by atoms with Crippen LogP contribution >= 0.6 is 11.6 Å². The van der Waals surface area contributed by atoms with Crippen LogP contribution in [0.2, 0.25) is 5.02 Å². The summed E-state index contributed by atoms with van der Waals surface area (Å²) in [7, 11) is 3.71.